The zero-order valence-corrected chi connectivity index (χ0v) is 9.71. The van der Waals surface area contributed by atoms with Gasteiger partial charge in [0.2, 0.25) is 0 Å². The van der Waals surface area contributed by atoms with Crippen LogP contribution in [0.1, 0.15) is 0 Å². The summed E-state index contributed by atoms with van der Waals surface area (Å²) >= 11 is 11.5. The van der Waals surface area contributed by atoms with Crippen molar-refractivity contribution in [3.8, 4) is 11.1 Å². The summed E-state index contributed by atoms with van der Waals surface area (Å²) in [5.74, 6) is -3.06. The SMILES string of the molecule is Fc1cc(F)c(-c2cc(Cl)[c]cc2Cl)c(F)c1. The van der Waals surface area contributed by atoms with Crippen molar-refractivity contribution in [1.82, 2.24) is 0 Å². The zero-order chi connectivity index (χ0) is 12.6. The Bertz CT molecular complexity index is 559. The van der Waals surface area contributed by atoms with E-state index < -0.39 is 23.0 Å². The molecule has 0 spiro atoms. The highest BCUT2D eigenvalue weighted by Gasteiger charge is 2.16. The smallest absolute Gasteiger partial charge is 0.136 e. The highest BCUT2D eigenvalue weighted by atomic mass is 35.5. The van der Waals surface area contributed by atoms with E-state index in [1.165, 1.54) is 12.1 Å². The second-order valence-corrected chi connectivity index (χ2v) is 4.10. The first-order chi connectivity index (χ1) is 7.99. The summed E-state index contributed by atoms with van der Waals surface area (Å²) in [6.07, 6.45) is 0. The molecule has 87 valence electrons. The minimum absolute atomic E-state index is 0.0606. The van der Waals surface area contributed by atoms with Crippen molar-refractivity contribution in [1.29, 1.82) is 0 Å². The van der Waals surface area contributed by atoms with Crippen LogP contribution in [0, 0.1) is 23.5 Å². The van der Waals surface area contributed by atoms with Gasteiger partial charge in [0.05, 0.1) is 5.56 Å². The third-order valence-electron chi connectivity index (χ3n) is 2.14. The lowest BCUT2D eigenvalue weighted by Gasteiger charge is -2.08. The molecule has 17 heavy (non-hydrogen) atoms. The van der Waals surface area contributed by atoms with Crippen LogP contribution in [-0.4, -0.2) is 0 Å². The number of halogens is 5. The van der Waals surface area contributed by atoms with Crippen LogP contribution in [0.2, 0.25) is 10.0 Å². The lowest BCUT2D eigenvalue weighted by atomic mass is 10.0. The predicted molar refractivity (Wildman–Crippen MR) is 60.6 cm³/mol. The van der Waals surface area contributed by atoms with Gasteiger partial charge in [-0.3, -0.25) is 0 Å². The average molecular weight is 276 g/mol. The highest BCUT2D eigenvalue weighted by Crippen LogP contribution is 2.34. The van der Waals surface area contributed by atoms with Crippen LogP contribution in [0.15, 0.2) is 24.3 Å². The quantitative estimate of drug-likeness (QED) is 0.696. The van der Waals surface area contributed by atoms with Crippen LogP contribution >= 0.6 is 23.2 Å². The molecule has 0 aliphatic heterocycles. The number of hydrogen-bond donors (Lipinski definition) is 0. The van der Waals surface area contributed by atoms with E-state index in [9.17, 15) is 13.2 Å². The molecular formula is C12H4Cl2F3. The number of hydrogen-bond acceptors (Lipinski definition) is 0. The van der Waals surface area contributed by atoms with Crippen LogP contribution in [0.5, 0.6) is 0 Å². The van der Waals surface area contributed by atoms with Crippen molar-refractivity contribution in [2.45, 2.75) is 0 Å². The average Bonchev–Trinajstić information content (AvgIpc) is 2.21. The first-order valence-corrected chi connectivity index (χ1v) is 5.26. The van der Waals surface area contributed by atoms with E-state index in [-0.39, 0.29) is 15.6 Å². The van der Waals surface area contributed by atoms with Crippen molar-refractivity contribution in [3.63, 3.8) is 0 Å². The topological polar surface area (TPSA) is 0 Å². The molecule has 0 N–H and O–H groups in total. The fourth-order valence-corrected chi connectivity index (χ4v) is 1.81. The van der Waals surface area contributed by atoms with E-state index in [1.807, 2.05) is 0 Å². The second-order valence-electron chi connectivity index (χ2n) is 3.29. The van der Waals surface area contributed by atoms with Crippen molar-refractivity contribution < 1.29 is 13.2 Å². The largest absolute Gasteiger partial charge is 0.207 e. The maximum absolute atomic E-state index is 13.5. The van der Waals surface area contributed by atoms with Crippen molar-refractivity contribution in [2.75, 3.05) is 0 Å². The zero-order valence-electron chi connectivity index (χ0n) is 8.20. The van der Waals surface area contributed by atoms with E-state index in [1.54, 1.807) is 0 Å². The molecule has 0 aliphatic rings. The molecule has 0 amide bonds. The van der Waals surface area contributed by atoms with Gasteiger partial charge >= 0.3 is 0 Å². The van der Waals surface area contributed by atoms with E-state index in [0.29, 0.717) is 12.1 Å². The molecule has 0 fully saturated rings. The summed E-state index contributed by atoms with van der Waals surface area (Å²) in [6.45, 7) is 0. The molecule has 0 bridgehead atoms. The summed E-state index contributed by atoms with van der Waals surface area (Å²) in [4.78, 5) is 0. The van der Waals surface area contributed by atoms with Crippen LogP contribution in [0.3, 0.4) is 0 Å². The minimum Gasteiger partial charge on any atom is -0.207 e. The van der Waals surface area contributed by atoms with Crippen LogP contribution in [-0.2, 0) is 0 Å². The Hall–Kier alpha value is -1.19. The Morgan fingerprint density at radius 3 is 2.12 bits per heavy atom. The molecule has 2 aromatic carbocycles. The second kappa shape index (κ2) is 4.59. The third-order valence-corrected chi connectivity index (χ3v) is 2.67. The van der Waals surface area contributed by atoms with Crippen LogP contribution < -0.4 is 0 Å². The van der Waals surface area contributed by atoms with Gasteiger partial charge in [-0.05, 0) is 12.1 Å². The summed E-state index contributed by atoms with van der Waals surface area (Å²) in [7, 11) is 0. The van der Waals surface area contributed by atoms with Crippen molar-refractivity contribution >= 4 is 23.2 Å². The molecule has 0 nitrogen and oxygen atoms in total. The van der Waals surface area contributed by atoms with Gasteiger partial charge in [-0.1, -0.05) is 23.2 Å². The van der Waals surface area contributed by atoms with Gasteiger partial charge in [0, 0.05) is 33.8 Å². The summed E-state index contributed by atoms with van der Waals surface area (Å²) < 4.78 is 39.8. The van der Waals surface area contributed by atoms with Gasteiger partial charge in [0.1, 0.15) is 17.5 Å². The summed E-state index contributed by atoms with van der Waals surface area (Å²) in [5.41, 5.74) is -0.349. The maximum Gasteiger partial charge on any atom is 0.136 e. The van der Waals surface area contributed by atoms with E-state index in [2.05, 4.69) is 6.07 Å². The molecule has 0 saturated heterocycles. The van der Waals surface area contributed by atoms with Crippen LogP contribution in [0.4, 0.5) is 13.2 Å². The van der Waals surface area contributed by atoms with Crippen molar-refractivity contribution in [2.24, 2.45) is 0 Å². The maximum atomic E-state index is 13.5. The molecule has 0 saturated carbocycles. The van der Waals surface area contributed by atoms with Gasteiger partial charge < -0.3 is 0 Å². The number of benzene rings is 2. The molecule has 0 aliphatic carbocycles. The lowest BCUT2D eigenvalue weighted by Crippen LogP contribution is -1.93. The summed E-state index contributed by atoms with van der Waals surface area (Å²) in [5, 5.41) is 0.242. The molecule has 2 aromatic rings. The molecule has 0 unspecified atom stereocenters. The van der Waals surface area contributed by atoms with E-state index in [0.717, 1.165) is 0 Å². The normalized spacial score (nSPS) is 10.6. The van der Waals surface area contributed by atoms with E-state index >= 15 is 0 Å². The molecule has 2 rings (SSSR count). The van der Waals surface area contributed by atoms with E-state index in [4.69, 9.17) is 23.2 Å². The third kappa shape index (κ3) is 2.40. The van der Waals surface area contributed by atoms with Gasteiger partial charge in [-0.25, -0.2) is 13.2 Å². The lowest BCUT2D eigenvalue weighted by molar-refractivity contribution is 0.548. The van der Waals surface area contributed by atoms with Gasteiger partial charge in [0.25, 0.3) is 0 Å². The molecule has 1 radical (unpaired) electrons. The molecule has 0 heterocycles. The predicted octanol–water partition coefficient (Wildman–Crippen LogP) is 4.88. The standard InChI is InChI=1S/C12H4Cl2F3/c13-6-1-2-9(14)8(3-6)12-10(16)4-7(15)5-11(12)17/h2-5H. The monoisotopic (exact) mass is 275 g/mol. The molecular weight excluding hydrogens is 272 g/mol. The van der Waals surface area contributed by atoms with Gasteiger partial charge in [-0.2, -0.15) is 0 Å². The Morgan fingerprint density at radius 2 is 1.53 bits per heavy atom. The van der Waals surface area contributed by atoms with Crippen molar-refractivity contribution in [3.05, 3.63) is 57.8 Å². The molecule has 0 atom stereocenters. The fraction of sp³-hybridized carbons (Fsp3) is 0. The van der Waals surface area contributed by atoms with Gasteiger partial charge in [0.15, 0.2) is 0 Å². The van der Waals surface area contributed by atoms with Crippen LogP contribution in [0.25, 0.3) is 11.1 Å². The Morgan fingerprint density at radius 1 is 0.941 bits per heavy atom. The molecule has 5 heteroatoms. The fourth-order valence-electron chi connectivity index (χ4n) is 1.44. The minimum atomic E-state index is -1.04. The van der Waals surface area contributed by atoms with Gasteiger partial charge in [-0.15, -0.1) is 0 Å². The first kappa shape index (κ1) is 12.3. The first-order valence-electron chi connectivity index (χ1n) is 4.50. The Labute approximate surface area is 106 Å². The highest BCUT2D eigenvalue weighted by molar-refractivity contribution is 6.35. The number of rotatable bonds is 1. The Balaban J connectivity index is 2.72. The Kier molecular flexibility index (Phi) is 3.31. The molecule has 0 aromatic heterocycles. The summed E-state index contributed by atoms with van der Waals surface area (Å²) in [6, 6.07) is 6.30.